The lowest BCUT2D eigenvalue weighted by atomic mass is 10.1. The highest BCUT2D eigenvalue weighted by atomic mass is 35.5. The summed E-state index contributed by atoms with van der Waals surface area (Å²) in [6.07, 6.45) is 6.65. The zero-order valence-electron chi connectivity index (χ0n) is 15.6. The highest BCUT2D eigenvalue weighted by Gasteiger charge is 2.21. The molecule has 0 radical (unpaired) electrons. The zero-order chi connectivity index (χ0) is 17.9. The topological polar surface area (TPSA) is 71.8 Å². The molecule has 1 aromatic heterocycles. The third-order valence-corrected chi connectivity index (χ3v) is 5.02. The minimum absolute atomic E-state index is 0. The van der Waals surface area contributed by atoms with E-state index in [4.69, 9.17) is 0 Å². The number of halogens is 3. The smallest absolute Gasteiger partial charge is 0.238 e. The SMILES string of the molecule is Cl.Cl.O=C(CNCC1CC1)Nc1ccc(F)c(-c2nnc3n2CCCCC3)c1. The van der Waals surface area contributed by atoms with Crippen molar-refractivity contribution in [2.24, 2.45) is 5.92 Å². The molecular weight excluding hydrogens is 404 g/mol. The quantitative estimate of drug-likeness (QED) is 0.735. The number of carbonyl (C=O) groups is 1. The van der Waals surface area contributed by atoms with Crippen LogP contribution in [0, 0.1) is 11.7 Å². The molecule has 28 heavy (non-hydrogen) atoms. The molecule has 0 atom stereocenters. The summed E-state index contributed by atoms with van der Waals surface area (Å²) in [6, 6.07) is 4.61. The summed E-state index contributed by atoms with van der Waals surface area (Å²) < 4.78 is 16.4. The fourth-order valence-corrected chi connectivity index (χ4v) is 3.38. The first-order valence-corrected chi connectivity index (χ1v) is 9.43. The van der Waals surface area contributed by atoms with Crippen molar-refractivity contribution in [3.8, 4) is 11.4 Å². The molecule has 1 amide bonds. The maximum absolute atomic E-state index is 14.4. The lowest BCUT2D eigenvalue weighted by Crippen LogP contribution is -2.29. The van der Waals surface area contributed by atoms with Gasteiger partial charge in [-0.25, -0.2) is 4.39 Å². The standard InChI is InChI=1S/C19H24FN5O.2ClH/c20-16-8-7-14(22-18(26)12-21-11-13-5-6-13)10-15(16)19-24-23-17-4-2-1-3-9-25(17)19;;/h7-8,10,13,21H,1-6,9,11-12H2,(H,22,26);2*1H. The van der Waals surface area contributed by atoms with E-state index in [1.807, 2.05) is 4.57 Å². The molecule has 1 aromatic carbocycles. The van der Waals surface area contributed by atoms with Gasteiger partial charge < -0.3 is 15.2 Å². The summed E-state index contributed by atoms with van der Waals surface area (Å²) in [5.74, 6) is 1.71. The van der Waals surface area contributed by atoms with Crippen molar-refractivity contribution in [1.29, 1.82) is 0 Å². The number of carbonyl (C=O) groups excluding carboxylic acids is 1. The molecule has 0 spiro atoms. The maximum Gasteiger partial charge on any atom is 0.238 e. The fraction of sp³-hybridized carbons (Fsp3) is 0.526. The van der Waals surface area contributed by atoms with Crippen molar-refractivity contribution >= 4 is 36.4 Å². The highest BCUT2D eigenvalue weighted by molar-refractivity contribution is 5.92. The molecule has 2 aromatic rings. The van der Waals surface area contributed by atoms with Crippen LogP contribution >= 0.6 is 24.8 Å². The van der Waals surface area contributed by atoms with Gasteiger partial charge in [0.25, 0.3) is 0 Å². The molecule has 154 valence electrons. The van der Waals surface area contributed by atoms with Crippen molar-refractivity contribution in [3.63, 3.8) is 0 Å². The Morgan fingerprint density at radius 1 is 1.18 bits per heavy atom. The van der Waals surface area contributed by atoms with E-state index in [1.165, 1.54) is 18.9 Å². The highest BCUT2D eigenvalue weighted by Crippen LogP contribution is 2.28. The molecule has 6 nitrogen and oxygen atoms in total. The number of amides is 1. The molecule has 2 N–H and O–H groups in total. The summed E-state index contributed by atoms with van der Waals surface area (Å²) in [5, 5.41) is 14.4. The van der Waals surface area contributed by atoms with E-state index in [0.717, 1.165) is 50.5 Å². The Morgan fingerprint density at radius 3 is 2.79 bits per heavy atom. The van der Waals surface area contributed by atoms with E-state index in [2.05, 4.69) is 20.8 Å². The minimum atomic E-state index is -0.352. The minimum Gasteiger partial charge on any atom is -0.325 e. The second-order valence-electron chi connectivity index (χ2n) is 7.22. The van der Waals surface area contributed by atoms with Gasteiger partial charge in [0.15, 0.2) is 5.82 Å². The average Bonchev–Trinajstić information content (AvgIpc) is 3.41. The number of nitrogens with zero attached hydrogens (tertiary/aromatic N) is 3. The number of anilines is 1. The van der Waals surface area contributed by atoms with Crippen LogP contribution in [0.25, 0.3) is 11.4 Å². The molecule has 9 heteroatoms. The predicted octanol–water partition coefficient (Wildman–Crippen LogP) is 3.59. The van der Waals surface area contributed by atoms with Gasteiger partial charge in [-0.2, -0.15) is 0 Å². The van der Waals surface area contributed by atoms with Crippen LogP contribution < -0.4 is 10.6 Å². The summed E-state index contributed by atoms with van der Waals surface area (Å²) >= 11 is 0. The van der Waals surface area contributed by atoms with E-state index >= 15 is 0 Å². The van der Waals surface area contributed by atoms with Gasteiger partial charge in [-0.1, -0.05) is 6.42 Å². The first-order chi connectivity index (χ1) is 12.7. The van der Waals surface area contributed by atoms with Gasteiger partial charge in [-0.3, -0.25) is 4.79 Å². The monoisotopic (exact) mass is 429 g/mol. The normalized spacial score (nSPS) is 15.6. The molecule has 0 saturated heterocycles. The van der Waals surface area contributed by atoms with Gasteiger partial charge >= 0.3 is 0 Å². The summed E-state index contributed by atoms with van der Waals surface area (Å²) in [4.78, 5) is 12.1. The molecular formula is C19H26Cl2FN5O. The van der Waals surface area contributed by atoms with Gasteiger partial charge in [0, 0.05) is 18.7 Å². The summed E-state index contributed by atoms with van der Waals surface area (Å²) in [7, 11) is 0. The van der Waals surface area contributed by atoms with Gasteiger partial charge in [-0.05, 0) is 56.3 Å². The third-order valence-electron chi connectivity index (χ3n) is 5.02. The number of hydrogen-bond donors (Lipinski definition) is 2. The van der Waals surface area contributed by atoms with Crippen LogP contribution in [-0.2, 0) is 17.8 Å². The van der Waals surface area contributed by atoms with Crippen molar-refractivity contribution in [2.45, 2.75) is 45.1 Å². The Hall–Kier alpha value is -1.70. The Balaban J connectivity index is 0.00000140. The van der Waals surface area contributed by atoms with E-state index in [1.54, 1.807) is 12.1 Å². The van der Waals surface area contributed by atoms with Crippen LogP contribution in [0.3, 0.4) is 0 Å². The number of fused-ring (bicyclic) bond motifs is 1. The fourth-order valence-electron chi connectivity index (χ4n) is 3.38. The molecule has 0 bridgehead atoms. The van der Waals surface area contributed by atoms with Crippen LogP contribution in [0.4, 0.5) is 10.1 Å². The Bertz CT molecular complexity index is 810. The second kappa shape index (κ2) is 10.2. The number of rotatable bonds is 6. The predicted molar refractivity (Wildman–Crippen MR) is 112 cm³/mol. The molecule has 1 saturated carbocycles. The van der Waals surface area contributed by atoms with E-state index in [-0.39, 0.29) is 43.1 Å². The van der Waals surface area contributed by atoms with Crippen molar-refractivity contribution in [3.05, 3.63) is 29.8 Å². The molecule has 2 aliphatic rings. The molecule has 0 unspecified atom stereocenters. The number of hydrogen-bond acceptors (Lipinski definition) is 4. The van der Waals surface area contributed by atoms with E-state index in [9.17, 15) is 9.18 Å². The van der Waals surface area contributed by atoms with E-state index in [0.29, 0.717) is 17.1 Å². The van der Waals surface area contributed by atoms with Crippen LogP contribution in [0.15, 0.2) is 18.2 Å². The molecule has 1 aliphatic heterocycles. The molecule has 1 aliphatic carbocycles. The molecule has 2 heterocycles. The van der Waals surface area contributed by atoms with Gasteiger partial charge in [0.05, 0.1) is 12.1 Å². The lowest BCUT2D eigenvalue weighted by molar-refractivity contribution is -0.115. The van der Waals surface area contributed by atoms with Crippen LogP contribution in [0.5, 0.6) is 0 Å². The maximum atomic E-state index is 14.4. The van der Waals surface area contributed by atoms with Crippen molar-refractivity contribution in [2.75, 3.05) is 18.4 Å². The number of aryl methyl sites for hydroxylation is 1. The first-order valence-electron chi connectivity index (χ1n) is 9.43. The lowest BCUT2D eigenvalue weighted by Gasteiger charge is -2.11. The summed E-state index contributed by atoms with van der Waals surface area (Å²) in [6.45, 7) is 1.95. The van der Waals surface area contributed by atoms with Crippen LogP contribution in [-0.4, -0.2) is 33.8 Å². The van der Waals surface area contributed by atoms with Gasteiger partial charge in [-0.15, -0.1) is 35.0 Å². The number of nitrogens with one attached hydrogen (secondary N) is 2. The Morgan fingerprint density at radius 2 is 2.00 bits per heavy atom. The Kier molecular flexibility index (Phi) is 8.22. The molecule has 1 fully saturated rings. The van der Waals surface area contributed by atoms with Crippen molar-refractivity contribution in [1.82, 2.24) is 20.1 Å². The number of benzene rings is 1. The molecule has 4 rings (SSSR count). The third kappa shape index (κ3) is 5.43. The average molecular weight is 430 g/mol. The van der Waals surface area contributed by atoms with E-state index < -0.39 is 0 Å². The van der Waals surface area contributed by atoms with Crippen LogP contribution in [0.1, 0.15) is 37.9 Å². The summed E-state index contributed by atoms with van der Waals surface area (Å²) in [5.41, 5.74) is 0.958. The van der Waals surface area contributed by atoms with Gasteiger partial charge in [0.1, 0.15) is 11.6 Å². The largest absolute Gasteiger partial charge is 0.325 e. The first kappa shape index (κ1) is 22.6. The number of aromatic nitrogens is 3. The van der Waals surface area contributed by atoms with Crippen molar-refractivity contribution < 1.29 is 9.18 Å². The second-order valence-corrected chi connectivity index (χ2v) is 7.22. The van der Waals surface area contributed by atoms with Crippen LogP contribution in [0.2, 0.25) is 0 Å². The zero-order valence-corrected chi connectivity index (χ0v) is 17.3. The Labute approximate surface area is 176 Å². The van der Waals surface area contributed by atoms with Gasteiger partial charge in [0.2, 0.25) is 5.91 Å².